The lowest BCUT2D eigenvalue weighted by atomic mass is 10.3. The van der Waals surface area contributed by atoms with E-state index in [-0.39, 0.29) is 4.90 Å². The normalized spacial score (nSPS) is 11.6. The summed E-state index contributed by atoms with van der Waals surface area (Å²) in [5, 5.41) is 7.53. The molecule has 23 heavy (non-hydrogen) atoms. The van der Waals surface area contributed by atoms with Crippen molar-refractivity contribution in [3.8, 4) is 5.75 Å². The van der Waals surface area contributed by atoms with E-state index in [1.807, 2.05) is 0 Å². The smallest absolute Gasteiger partial charge is 0.175 e. The second-order valence-electron chi connectivity index (χ2n) is 4.84. The monoisotopic (exact) mass is 352 g/mol. The van der Waals surface area contributed by atoms with Crippen molar-refractivity contribution in [2.24, 2.45) is 0 Å². The fourth-order valence-electron chi connectivity index (χ4n) is 2.06. The zero-order valence-corrected chi connectivity index (χ0v) is 13.9. The number of nitrogens with one attached hydrogen (secondary N) is 1. The van der Waals surface area contributed by atoms with Gasteiger partial charge in [0.2, 0.25) is 0 Å². The van der Waals surface area contributed by atoms with Crippen molar-refractivity contribution in [2.45, 2.75) is 4.90 Å². The Hall–Kier alpha value is -2.32. The van der Waals surface area contributed by atoms with Crippen molar-refractivity contribution in [1.29, 1.82) is 0 Å². The van der Waals surface area contributed by atoms with Crippen LogP contribution in [0.3, 0.4) is 0 Å². The Kier molecular flexibility index (Phi) is 3.87. The van der Waals surface area contributed by atoms with Gasteiger partial charge in [0.15, 0.2) is 21.3 Å². The van der Waals surface area contributed by atoms with Crippen LogP contribution in [0.15, 0.2) is 41.4 Å². The number of aromatic nitrogens is 3. The van der Waals surface area contributed by atoms with Gasteiger partial charge in [-0.1, -0.05) is 11.6 Å². The first-order chi connectivity index (χ1) is 10.9. The summed E-state index contributed by atoms with van der Waals surface area (Å²) in [5.74, 6) is 0.932. The van der Waals surface area contributed by atoms with E-state index in [0.29, 0.717) is 28.1 Å². The van der Waals surface area contributed by atoms with E-state index in [1.165, 1.54) is 19.2 Å². The van der Waals surface area contributed by atoms with Gasteiger partial charge in [0.1, 0.15) is 10.9 Å². The molecular weight excluding hydrogens is 340 g/mol. The number of fused-ring (bicyclic) bond motifs is 1. The van der Waals surface area contributed by atoms with E-state index < -0.39 is 9.84 Å². The molecular formula is C14H13ClN4O3S. The van der Waals surface area contributed by atoms with Gasteiger partial charge in [-0.2, -0.15) is 5.10 Å². The molecule has 0 radical (unpaired) electrons. The summed E-state index contributed by atoms with van der Waals surface area (Å²) in [7, 11) is -1.83. The van der Waals surface area contributed by atoms with E-state index in [1.54, 1.807) is 28.9 Å². The maximum atomic E-state index is 11.6. The number of sulfone groups is 1. The third-order valence-electron chi connectivity index (χ3n) is 3.15. The Labute approximate surface area is 137 Å². The summed E-state index contributed by atoms with van der Waals surface area (Å²) in [5.41, 5.74) is 1.22. The Morgan fingerprint density at radius 3 is 2.74 bits per heavy atom. The minimum absolute atomic E-state index is 0.184. The van der Waals surface area contributed by atoms with Crippen LogP contribution in [-0.4, -0.2) is 36.4 Å². The maximum absolute atomic E-state index is 11.6. The number of benzene rings is 1. The van der Waals surface area contributed by atoms with Gasteiger partial charge in [-0.05, 0) is 24.3 Å². The van der Waals surface area contributed by atoms with Gasteiger partial charge >= 0.3 is 0 Å². The van der Waals surface area contributed by atoms with Crippen molar-refractivity contribution >= 4 is 38.6 Å². The maximum Gasteiger partial charge on any atom is 0.175 e. The molecule has 0 aliphatic carbocycles. The number of anilines is 2. The van der Waals surface area contributed by atoms with E-state index in [9.17, 15) is 8.42 Å². The lowest BCUT2D eigenvalue weighted by molar-refractivity contribution is 0.415. The third kappa shape index (κ3) is 3.22. The summed E-state index contributed by atoms with van der Waals surface area (Å²) < 4.78 is 30.0. The first kappa shape index (κ1) is 15.6. The first-order valence-electron chi connectivity index (χ1n) is 6.54. The topological polar surface area (TPSA) is 85.6 Å². The van der Waals surface area contributed by atoms with Crippen molar-refractivity contribution in [3.05, 3.63) is 41.7 Å². The summed E-state index contributed by atoms with van der Waals surface area (Å²) in [6.07, 6.45) is 2.82. The average Bonchev–Trinajstić information content (AvgIpc) is 2.87. The number of rotatable bonds is 4. The van der Waals surface area contributed by atoms with Gasteiger partial charge in [0.05, 0.1) is 23.9 Å². The molecule has 0 aliphatic heterocycles. The van der Waals surface area contributed by atoms with Crippen LogP contribution < -0.4 is 10.1 Å². The minimum Gasteiger partial charge on any atom is -0.495 e. The van der Waals surface area contributed by atoms with Crippen LogP contribution in [0.1, 0.15) is 0 Å². The van der Waals surface area contributed by atoms with E-state index >= 15 is 0 Å². The van der Waals surface area contributed by atoms with Crippen LogP contribution >= 0.6 is 11.6 Å². The summed E-state index contributed by atoms with van der Waals surface area (Å²) in [6.45, 7) is 0. The fourth-order valence-corrected chi connectivity index (χ4v) is 2.84. The summed E-state index contributed by atoms with van der Waals surface area (Å²) >= 11 is 5.84. The highest BCUT2D eigenvalue weighted by atomic mass is 35.5. The highest BCUT2D eigenvalue weighted by Gasteiger charge is 2.13. The van der Waals surface area contributed by atoms with E-state index in [2.05, 4.69) is 15.4 Å². The SMILES string of the molecule is COc1cc(S(C)(=O)=O)ccc1Nc1cn2nc(Cl)ccc2n1. The lowest BCUT2D eigenvalue weighted by Gasteiger charge is -2.10. The predicted octanol–water partition coefficient (Wildman–Crippen LogP) is 2.54. The number of methoxy groups -OCH3 is 1. The number of hydrogen-bond donors (Lipinski definition) is 1. The van der Waals surface area contributed by atoms with E-state index in [0.717, 1.165) is 6.26 Å². The molecule has 3 rings (SSSR count). The standard InChI is InChI=1S/C14H13ClN4O3S/c1-22-11-7-9(23(2,20)21)3-4-10(11)16-13-8-19-14(17-13)6-5-12(15)18-19/h3-8,16H,1-2H3. The highest BCUT2D eigenvalue weighted by molar-refractivity contribution is 7.90. The number of halogens is 1. The molecule has 9 heteroatoms. The molecule has 0 fully saturated rings. The Morgan fingerprint density at radius 1 is 1.26 bits per heavy atom. The van der Waals surface area contributed by atoms with Crippen LogP contribution in [0.5, 0.6) is 5.75 Å². The molecule has 1 N–H and O–H groups in total. The molecule has 0 saturated carbocycles. The second kappa shape index (κ2) is 5.71. The van der Waals surface area contributed by atoms with Crippen LogP contribution in [0.4, 0.5) is 11.5 Å². The van der Waals surface area contributed by atoms with Gasteiger partial charge < -0.3 is 10.1 Å². The molecule has 0 amide bonds. The third-order valence-corrected chi connectivity index (χ3v) is 4.46. The number of ether oxygens (including phenoxy) is 1. The molecule has 1 aromatic carbocycles. The van der Waals surface area contributed by atoms with Gasteiger partial charge in [0, 0.05) is 12.3 Å². The quantitative estimate of drug-likeness (QED) is 0.776. The molecule has 0 aliphatic rings. The zero-order valence-electron chi connectivity index (χ0n) is 12.3. The largest absolute Gasteiger partial charge is 0.495 e. The fraction of sp³-hybridized carbons (Fsp3) is 0.143. The Balaban J connectivity index is 1.97. The first-order valence-corrected chi connectivity index (χ1v) is 8.81. The molecule has 7 nitrogen and oxygen atoms in total. The van der Waals surface area contributed by atoms with Gasteiger partial charge in [-0.25, -0.2) is 17.9 Å². The van der Waals surface area contributed by atoms with Crippen molar-refractivity contribution in [1.82, 2.24) is 14.6 Å². The highest BCUT2D eigenvalue weighted by Crippen LogP contribution is 2.30. The van der Waals surface area contributed by atoms with Crippen LogP contribution in [-0.2, 0) is 9.84 Å². The predicted molar refractivity (Wildman–Crippen MR) is 87.4 cm³/mol. The second-order valence-corrected chi connectivity index (χ2v) is 7.25. The molecule has 0 atom stereocenters. The molecule has 3 aromatic rings. The average molecular weight is 353 g/mol. The van der Waals surface area contributed by atoms with E-state index in [4.69, 9.17) is 16.3 Å². The van der Waals surface area contributed by atoms with Crippen molar-refractivity contribution in [3.63, 3.8) is 0 Å². The Bertz CT molecular complexity index is 985. The van der Waals surface area contributed by atoms with Gasteiger partial charge in [-0.15, -0.1) is 0 Å². The van der Waals surface area contributed by atoms with Gasteiger partial charge in [0.25, 0.3) is 0 Å². The lowest BCUT2D eigenvalue weighted by Crippen LogP contribution is -2.00. The number of imidazole rings is 1. The molecule has 2 aromatic heterocycles. The minimum atomic E-state index is -3.30. The van der Waals surface area contributed by atoms with Gasteiger partial charge in [-0.3, -0.25) is 0 Å². The Morgan fingerprint density at radius 2 is 2.04 bits per heavy atom. The molecule has 120 valence electrons. The zero-order chi connectivity index (χ0) is 16.6. The van der Waals surface area contributed by atoms with Crippen LogP contribution in [0.25, 0.3) is 5.65 Å². The van der Waals surface area contributed by atoms with Crippen molar-refractivity contribution < 1.29 is 13.2 Å². The number of nitrogens with zero attached hydrogens (tertiary/aromatic N) is 3. The summed E-state index contributed by atoms with van der Waals surface area (Å²) in [6, 6.07) is 7.98. The molecule has 0 spiro atoms. The number of hydrogen-bond acceptors (Lipinski definition) is 6. The molecule has 0 bridgehead atoms. The van der Waals surface area contributed by atoms with Crippen LogP contribution in [0, 0.1) is 0 Å². The molecule has 0 unspecified atom stereocenters. The van der Waals surface area contributed by atoms with Crippen molar-refractivity contribution in [2.75, 3.05) is 18.7 Å². The molecule has 0 saturated heterocycles. The summed E-state index contributed by atoms with van der Waals surface area (Å²) in [4.78, 5) is 4.54. The van der Waals surface area contributed by atoms with Crippen LogP contribution in [0.2, 0.25) is 5.15 Å². The molecule has 2 heterocycles.